The molecule has 3 aromatic carbocycles. The molecule has 0 spiro atoms. The molecular weight excluding hydrogens is 346 g/mol. The fourth-order valence-electron chi connectivity index (χ4n) is 4.06. The summed E-state index contributed by atoms with van der Waals surface area (Å²) in [5, 5.41) is 0. The zero-order chi connectivity index (χ0) is 19.3. The van der Waals surface area contributed by atoms with Crippen molar-refractivity contribution in [1.82, 2.24) is 0 Å². The molecule has 1 aliphatic rings. The van der Waals surface area contributed by atoms with Crippen LogP contribution in [0.15, 0.2) is 72.8 Å². The minimum absolute atomic E-state index is 0.410. The number of rotatable bonds is 7. The molecule has 0 saturated carbocycles. The van der Waals surface area contributed by atoms with E-state index in [0.29, 0.717) is 11.5 Å². The summed E-state index contributed by atoms with van der Waals surface area (Å²) in [4.78, 5) is 11.4. The summed E-state index contributed by atoms with van der Waals surface area (Å²) in [6, 6.07) is 24.2. The van der Waals surface area contributed by atoms with E-state index in [1.54, 1.807) is 6.07 Å². The Balaban J connectivity index is 1.30. The zero-order valence-electron chi connectivity index (χ0n) is 15.9. The highest BCUT2D eigenvalue weighted by atomic mass is 16.5. The number of nitrogens with two attached hydrogens (primary N) is 1. The number of aryl methyl sites for hydroxylation is 1. The number of carbonyl (C=O) groups is 1. The third-order valence-corrected chi connectivity index (χ3v) is 5.56. The average Bonchev–Trinajstić information content (AvgIpc) is 3.15. The van der Waals surface area contributed by atoms with Crippen LogP contribution in [0.3, 0.4) is 0 Å². The first kappa shape index (κ1) is 18.3. The van der Waals surface area contributed by atoms with E-state index in [1.807, 2.05) is 42.5 Å². The van der Waals surface area contributed by atoms with Crippen LogP contribution in [0.5, 0.6) is 5.75 Å². The lowest BCUT2D eigenvalue weighted by Gasteiger charge is -2.12. The monoisotopic (exact) mass is 371 g/mol. The Morgan fingerprint density at radius 1 is 0.964 bits per heavy atom. The first-order valence-electron chi connectivity index (χ1n) is 9.91. The highest BCUT2D eigenvalue weighted by Crippen LogP contribution is 2.36. The smallest absolute Gasteiger partial charge is 0.248 e. The van der Waals surface area contributed by atoms with E-state index < -0.39 is 5.91 Å². The summed E-state index contributed by atoms with van der Waals surface area (Å²) >= 11 is 0. The molecule has 3 aromatic rings. The van der Waals surface area contributed by atoms with Gasteiger partial charge in [-0.25, -0.2) is 0 Å². The van der Waals surface area contributed by atoms with Crippen molar-refractivity contribution in [3.05, 3.63) is 89.5 Å². The van der Waals surface area contributed by atoms with Crippen LogP contribution in [0.2, 0.25) is 0 Å². The summed E-state index contributed by atoms with van der Waals surface area (Å²) < 4.78 is 5.93. The molecule has 2 N–H and O–H groups in total. The molecule has 3 heteroatoms. The van der Waals surface area contributed by atoms with E-state index in [9.17, 15) is 4.79 Å². The highest BCUT2D eigenvalue weighted by Gasteiger charge is 2.21. The van der Waals surface area contributed by atoms with Crippen molar-refractivity contribution in [2.75, 3.05) is 6.61 Å². The number of ether oxygens (including phenoxy) is 1. The van der Waals surface area contributed by atoms with Crippen LogP contribution in [0, 0.1) is 0 Å². The second-order valence-electron chi connectivity index (χ2n) is 7.39. The number of amides is 1. The summed E-state index contributed by atoms with van der Waals surface area (Å²) in [5.41, 5.74) is 11.0. The van der Waals surface area contributed by atoms with Gasteiger partial charge in [0.1, 0.15) is 5.75 Å². The van der Waals surface area contributed by atoms with Crippen LogP contribution in [-0.2, 0) is 6.42 Å². The maximum atomic E-state index is 11.4. The Kier molecular flexibility index (Phi) is 5.43. The molecule has 0 heterocycles. The van der Waals surface area contributed by atoms with E-state index in [2.05, 4.69) is 24.3 Å². The first-order chi connectivity index (χ1) is 13.7. The number of hydrogen-bond acceptors (Lipinski definition) is 2. The third kappa shape index (κ3) is 4.09. The lowest BCUT2D eigenvalue weighted by atomic mass is 9.96. The average molecular weight is 371 g/mol. The summed E-state index contributed by atoms with van der Waals surface area (Å²) in [7, 11) is 0. The Hall–Kier alpha value is -3.07. The standard InChI is InChI=1S/C25H25NO2/c26-25(27)22-7-3-6-21(17-22)18-12-14-23(15-13-18)28-16-4-8-20-11-10-19-5-1-2-9-24(19)20/h1-3,5-7,9,12-15,17,20H,4,8,10-11,16H2,(H2,26,27). The van der Waals surface area contributed by atoms with E-state index >= 15 is 0 Å². The normalized spacial score (nSPS) is 15.2. The lowest BCUT2D eigenvalue weighted by molar-refractivity contribution is 0.100. The molecule has 0 fully saturated rings. The van der Waals surface area contributed by atoms with Gasteiger partial charge in [-0.1, -0.05) is 48.5 Å². The van der Waals surface area contributed by atoms with Gasteiger partial charge in [-0.05, 0) is 78.1 Å². The molecule has 0 saturated heterocycles. The van der Waals surface area contributed by atoms with Crippen LogP contribution in [0.25, 0.3) is 11.1 Å². The Bertz CT molecular complexity index is 962. The maximum absolute atomic E-state index is 11.4. The van der Waals surface area contributed by atoms with Gasteiger partial charge < -0.3 is 10.5 Å². The van der Waals surface area contributed by atoms with Gasteiger partial charge in [-0.15, -0.1) is 0 Å². The van der Waals surface area contributed by atoms with Crippen molar-refractivity contribution in [2.24, 2.45) is 5.73 Å². The molecule has 4 rings (SSSR count). The molecule has 28 heavy (non-hydrogen) atoms. The van der Waals surface area contributed by atoms with Crippen molar-refractivity contribution >= 4 is 5.91 Å². The first-order valence-corrected chi connectivity index (χ1v) is 9.91. The molecule has 1 amide bonds. The third-order valence-electron chi connectivity index (χ3n) is 5.56. The molecule has 1 unspecified atom stereocenters. The quantitative estimate of drug-likeness (QED) is 0.570. The van der Waals surface area contributed by atoms with Gasteiger partial charge in [-0.2, -0.15) is 0 Å². The number of fused-ring (bicyclic) bond motifs is 1. The van der Waals surface area contributed by atoms with Gasteiger partial charge in [0.25, 0.3) is 0 Å². The number of benzene rings is 3. The number of carbonyl (C=O) groups excluding carboxylic acids is 1. The molecule has 3 nitrogen and oxygen atoms in total. The summed E-state index contributed by atoms with van der Waals surface area (Å²) in [5.74, 6) is 1.15. The van der Waals surface area contributed by atoms with Gasteiger partial charge in [0.05, 0.1) is 6.61 Å². The predicted octanol–water partition coefficient (Wildman–Crippen LogP) is 5.34. The topological polar surface area (TPSA) is 52.3 Å². The molecule has 0 aromatic heterocycles. The van der Waals surface area contributed by atoms with Crippen LogP contribution >= 0.6 is 0 Å². The van der Waals surface area contributed by atoms with Gasteiger partial charge in [0.2, 0.25) is 5.91 Å². The SMILES string of the molecule is NC(=O)c1cccc(-c2ccc(OCCCC3CCc4ccccc43)cc2)c1. The maximum Gasteiger partial charge on any atom is 0.248 e. The van der Waals surface area contributed by atoms with Crippen molar-refractivity contribution < 1.29 is 9.53 Å². The number of hydrogen-bond donors (Lipinski definition) is 1. The van der Waals surface area contributed by atoms with Crippen molar-refractivity contribution in [3.63, 3.8) is 0 Å². The summed E-state index contributed by atoms with van der Waals surface area (Å²) in [6.45, 7) is 0.731. The number of primary amides is 1. The predicted molar refractivity (Wildman–Crippen MR) is 113 cm³/mol. The minimum atomic E-state index is -0.410. The van der Waals surface area contributed by atoms with Gasteiger partial charge in [0.15, 0.2) is 0 Å². The molecule has 0 bridgehead atoms. The van der Waals surface area contributed by atoms with Crippen LogP contribution in [0.4, 0.5) is 0 Å². The molecule has 142 valence electrons. The molecule has 0 radical (unpaired) electrons. The van der Waals surface area contributed by atoms with Crippen LogP contribution in [-0.4, -0.2) is 12.5 Å². The molecule has 1 aliphatic carbocycles. The fourth-order valence-corrected chi connectivity index (χ4v) is 4.06. The Morgan fingerprint density at radius 3 is 2.61 bits per heavy atom. The van der Waals surface area contributed by atoms with Gasteiger partial charge >= 0.3 is 0 Å². The minimum Gasteiger partial charge on any atom is -0.494 e. The fraction of sp³-hybridized carbons (Fsp3) is 0.240. The summed E-state index contributed by atoms with van der Waals surface area (Å²) in [6.07, 6.45) is 4.70. The molecular formula is C25H25NO2. The largest absolute Gasteiger partial charge is 0.494 e. The second-order valence-corrected chi connectivity index (χ2v) is 7.39. The lowest BCUT2D eigenvalue weighted by Crippen LogP contribution is -2.10. The van der Waals surface area contributed by atoms with Crippen molar-refractivity contribution in [3.8, 4) is 16.9 Å². The van der Waals surface area contributed by atoms with E-state index in [0.717, 1.165) is 29.9 Å². The zero-order valence-corrected chi connectivity index (χ0v) is 15.9. The van der Waals surface area contributed by atoms with E-state index in [-0.39, 0.29) is 0 Å². The molecule has 1 atom stereocenters. The van der Waals surface area contributed by atoms with Crippen LogP contribution in [0.1, 0.15) is 46.7 Å². The Labute approximate surface area is 166 Å². The highest BCUT2D eigenvalue weighted by molar-refractivity contribution is 5.94. The van der Waals surface area contributed by atoms with Gasteiger partial charge in [0, 0.05) is 5.56 Å². The van der Waals surface area contributed by atoms with E-state index in [4.69, 9.17) is 10.5 Å². The van der Waals surface area contributed by atoms with E-state index in [1.165, 1.54) is 30.4 Å². The van der Waals surface area contributed by atoms with Crippen LogP contribution < -0.4 is 10.5 Å². The van der Waals surface area contributed by atoms with Crippen molar-refractivity contribution in [1.29, 1.82) is 0 Å². The molecule has 0 aliphatic heterocycles. The Morgan fingerprint density at radius 2 is 1.79 bits per heavy atom. The second kappa shape index (κ2) is 8.30. The van der Waals surface area contributed by atoms with Gasteiger partial charge in [-0.3, -0.25) is 4.79 Å². The van der Waals surface area contributed by atoms with Crippen molar-refractivity contribution in [2.45, 2.75) is 31.6 Å².